The first kappa shape index (κ1) is 18.7. The van der Waals surface area contributed by atoms with E-state index in [-0.39, 0.29) is 11.9 Å². The Morgan fingerprint density at radius 3 is 2.79 bits per heavy atom. The van der Waals surface area contributed by atoms with Crippen molar-refractivity contribution in [2.24, 2.45) is 5.92 Å². The van der Waals surface area contributed by atoms with Crippen molar-refractivity contribution < 1.29 is 4.79 Å². The van der Waals surface area contributed by atoms with Crippen LogP contribution in [-0.2, 0) is 6.54 Å². The zero-order valence-corrected chi connectivity index (χ0v) is 16.5. The van der Waals surface area contributed by atoms with Gasteiger partial charge in [0, 0.05) is 18.9 Å². The second-order valence-electron chi connectivity index (χ2n) is 7.84. The summed E-state index contributed by atoms with van der Waals surface area (Å²) < 4.78 is 2.30. The van der Waals surface area contributed by atoms with Gasteiger partial charge in [0.25, 0.3) is 5.91 Å². The number of aromatic nitrogens is 3. The lowest BCUT2D eigenvalue weighted by Gasteiger charge is -2.23. The van der Waals surface area contributed by atoms with Crippen LogP contribution in [0.4, 0.5) is 0 Å². The lowest BCUT2D eigenvalue weighted by molar-refractivity contribution is 0.0937. The summed E-state index contributed by atoms with van der Waals surface area (Å²) in [5.41, 5.74) is 2.71. The van der Waals surface area contributed by atoms with E-state index < -0.39 is 0 Å². The van der Waals surface area contributed by atoms with Crippen LogP contribution in [0.2, 0.25) is 0 Å². The Bertz CT molecular complexity index is 928. The maximum Gasteiger partial charge on any atom is 0.253 e. The third-order valence-corrected chi connectivity index (χ3v) is 5.83. The van der Waals surface area contributed by atoms with Gasteiger partial charge in [0.15, 0.2) is 0 Å². The van der Waals surface area contributed by atoms with Gasteiger partial charge in [-0.3, -0.25) is 9.78 Å². The van der Waals surface area contributed by atoms with Gasteiger partial charge in [-0.1, -0.05) is 44.2 Å². The van der Waals surface area contributed by atoms with Gasteiger partial charge in [0.2, 0.25) is 0 Å². The number of para-hydroxylation sites is 2. The minimum absolute atomic E-state index is 0.119. The van der Waals surface area contributed by atoms with E-state index in [1.54, 1.807) is 24.5 Å². The number of hydrogen-bond acceptors (Lipinski definition) is 3. The predicted molar refractivity (Wildman–Crippen MR) is 111 cm³/mol. The van der Waals surface area contributed by atoms with Crippen molar-refractivity contribution in [3.63, 3.8) is 0 Å². The number of aryl methyl sites for hydroxylation is 1. The summed E-state index contributed by atoms with van der Waals surface area (Å²) in [5.74, 6) is 1.61. The first-order valence-electron chi connectivity index (χ1n) is 10.4. The van der Waals surface area contributed by atoms with Gasteiger partial charge in [-0.05, 0) is 43.5 Å². The summed E-state index contributed by atoms with van der Waals surface area (Å²) in [6.07, 6.45) is 11.2. The quantitative estimate of drug-likeness (QED) is 0.666. The molecule has 5 nitrogen and oxygen atoms in total. The normalized spacial score (nSPS) is 16.2. The van der Waals surface area contributed by atoms with Gasteiger partial charge < -0.3 is 9.88 Å². The van der Waals surface area contributed by atoms with Crippen molar-refractivity contribution in [3.05, 3.63) is 60.2 Å². The number of nitrogens with zero attached hydrogens (tertiary/aromatic N) is 3. The average molecular weight is 377 g/mol. The molecule has 0 spiro atoms. The molecule has 1 saturated carbocycles. The van der Waals surface area contributed by atoms with Crippen molar-refractivity contribution in [1.82, 2.24) is 19.9 Å². The summed E-state index contributed by atoms with van der Waals surface area (Å²) in [5, 5.41) is 3.09. The lowest BCUT2D eigenvalue weighted by Crippen LogP contribution is -2.29. The highest BCUT2D eigenvalue weighted by molar-refractivity contribution is 5.94. The number of imidazole rings is 1. The molecule has 1 fully saturated rings. The second-order valence-corrected chi connectivity index (χ2v) is 7.84. The van der Waals surface area contributed by atoms with E-state index in [4.69, 9.17) is 4.98 Å². The fourth-order valence-corrected chi connectivity index (χ4v) is 4.29. The van der Waals surface area contributed by atoms with E-state index in [0.29, 0.717) is 5.56 Å². The standard InChI is InChI=1S/C23H28N4O/c1-17(25-23(28)19-10-7-14-24-16-19)22-26-20-11-5-6-12-21(20)27(22)15-13-18-8-3-2-4-9-18/h5-7,10-12,14,16-18H,2-4,8-9,13,15H2,1H3,(H,25,28). The monoisotopic (exact) mass is 376 g/mol. The molecule has 0 aliphatic heterocycles. The van der Waals surface area contributed by atoms with Gasteiger partial charge >= 0.3 is 0 Å². The summed E-state index contributed by atoms with van der Waals surface area (Å²) in [6, 6.07) is 11.6. The molecule has 146 valence electrons. The van der Waals surface area contributed by atoms with Gasteiger partial charge in [-0.25, -0.2) is 4.98 Å². The first-order valence-corrected chi connectivity index (χ1v) is 10.4. The number of amides is 1. The van der Waals surface area contributed by atoms with Crippen LogP contribution in [0, 0.1) is 5.92 Å². The van der Waals surface area contributed by atoms with Crippen LogP contribution in [-0.4, -0.2) is 20.4 Å². The van der Waals surface area contributed by atoms with E-state index >= 15 is 0 Å². The Hall–Kier alpha value is -2.69. The molecule has 1 aromatic carbocycles. The third-order valence-electron chi connectivity index (χ3n) is 5.83. The number of hydrogen-bond donors (Lipinski definition) is 1. The molecular weight excluding hydrogens is 348 g/mol. The molecule has 1 N–H and O–H groups in total. The molecule has 28 heavy (non-hydrogen) atoms. The minimum atomic E-state index is -0.175. The number of rotatable bonds is 6. The van der Waals surface area contributed by atoms with E-state index in [0.717, 1.165) is 29.3 Å². The molecule has 1 aliphatic carbocycles. The zero-order chi connectivity index (χ0) is 19.3. The van der Waals surface area contributed by atoms with E-state index in [1.807, 2.05) is 19.1 Å². The van der Waals surface area contributed by atoms with E-state index in [2.05, 4.69) is 27.0 Å². The molecule has 3 aromatic rings. The van der Waals surface area contributed by atoms with Crippen LogP contribution in [0.1, 0.15) is 67.7 Å². The molecule has 5 heteroatoms. The zero-order valence-electron chi connectivity index (χ0n) is 16.5. The number of carbonyl (C=O) groups excluding carboxylic acids is 1. The Labute approximate surface area is 166 Å². The fourth-order valence-electron chi connectivity index (χ4n) is 4.29. The molecule has 0 saturated heterocycles. The largest absolute Gasteiger partial charge is 0.342 e. The van der Waals surface area contributed by atoms with E-state index in [9.17, 15) is 4.79 Å². The molecular formula is C23H28N4O. The summed E-state index contributed by atoms with van der Waals surface area (Å²) >= 11 is 0. The molecule has 1 aliphatic rings. The molecule has 0 bridgehead atoms. The topological polar surface area (TPSA) is 59.8 Å². The van der Waals surface area contributed by atoms with Crippen LogP contribution in [0.5, 0.6) is 0 Å². The van der Waals surface area contributed by atoms with Gasteiger partial charge in [-0.15, -0.1) is 0 Å². The summed E-state index contributed by atoms with van der Waals surface area (Å²) in [6.45, 7) is 2.96. The molecule has 1 unspecified atom stereocenters. The van der Waals surface area contributed by atoms with Gasteiger partial charge in [-0.2, -0.15) is 0 Å². The number of fused-ring (bicyclic) bond motifs is 1. The van der Waals surface area contributed by atoms with E-state index in [1.165, 1.54) is 38.5 Å². The smallest absolute Gasteiger partial charge is 0.253 e. The fraction of sp³-hybridized carbons (Fsp3) is 0.435. The lowest BCUT2D eigenvalue weighted by atomic mass is 9.87. The number of benzene rings is 1. The van der Waals surface area contributed by atoms with Gasteiger partial charge in [0.05, 0.1) is 22.6 Å². The Morgan fingerprint density at radius 1 is 1.18 bits per heavy atom. The van der Waals surface area contributed by atoms with Crippen molar-refractivity contribution in [3.8, 4) is 0 Å². The molecule has 4 rings (SSSR count). The molecule has 2 heterocycles. The van der Waals surface area contributed by atoms with Crippen LogP contribution in [0.3, 0.4) is 0 Å². The Kier molecular flexibility index (Phi) is 5.70. The molecule has 2 aromatic heterocycles. The number of nitrogens with one attached hydrogen (secondary N) is 1. The highest BCUT2D eigenvalue weighted by Gasteiger charge is 2.20. The summed E-state index contributed by atoms with van der Waals surface area (Å²) in [7, 11) is 0. The highest BCUT2D eigenvalue weighted by atomic mass is 16.1. The second kappa shape index (κ2) is 8.55. The average Bonchev–Trinajstić information content (AvgIpc) is 3.12. The van der Waals surface area contributed by atoms with Crippen molar-refractivity contribution >= 4 is 16.9 Å². The maximum atomic E-state index is 12.6. The van der Waals surface area contributed by atoms with Crippen LogP contribution in [0.25, 0.3) is 11.0 Å². The van der Waals surface area contributed by atoms with Crippen LogP contribution < -0.4 is 5.32 Å². The predicted octanol–water partition coefficient (Wildman–Crippen LogP) is 4.89. The number of carbonyl (C=O) groups is 1. The van der Waals surface area contributed by atoms with Crippen LogP contribution in [0.15, 0.2) is 48.8 Å². The highest BCUT2D eigenvalue weighted by Crippen LogP contribution is 2.28. The van der Waals surface area contributed by atoms with Crippen molar-refractivity contribution in [1.29, 1.82) is 0 Å². The molecule has 1 atom stereocenters. The third kappa shape index (κ3) is 4.08. The van der Waals surface area contributed by atoms with Crippen molar-refractivity contribution in [2.75, 3.05) is 0 Å². The molecule has 1 amide bonds. The van der Waals surface area contributed by atoms with Crippen molar-refractivity contribution in [2.45, 2.75) is 58.0 Å². The number of pyridine rings is 1. The first-order chi connectivity index (χ1) is 13.7. The maximum absolute atomic E-state index is 12.6. The SMILES string of the molecule is CC(NC(=O)c1cccnc1)c1nc2ccccc2n1CCC1CCCCC1. The molecule has 0 radical (unpaired) electrons. The minimum Gasteiger partial charge on any atom is -0.342 e. The summed E-state index contributed by atoms with van der Waals surface area (Å²) in [4.78, 5) is 21.5. The Morgan fingerprint density at radius 2 is 2.00 bits per heavy atom. The Balaban J connectivity index is 1.55. The van der Waals surface area contributed by atoms with Crippen LogP contribution >= 0.6 is 0 Å². The van der Waals surface area contributed by atoms with Gasteiger partial charge in [0.1, 0.15) is 5.82 Å².